The highest BCUT2D eigenvalue weighted by atomic mass is 35.5. The molecule has 2 aliphatic rings. The minimum absolute atomic E-state index is 0. The maximum atomic E-state index is 12.6. The lowest BCUT2D eigenvalue weighted by molar-refractivity contribution is -0.125. The summed E-state index contributed by atoms with van der Waals surface area (Å²) < 4.78 is 0. The molecule has 3 N–H and O–H groups in total. The molecule has 4 heteroatoms. The third-order valence-electron chi connectivity index (χ3n) is 5.22. The van der Waals surface area contributed by atoms with Gasteiger partial charge < -0.3 is 11.1 Å². The summed E-state index contributed by atoms with van der Waals surface area (Å²) in [5, 5.41) is 3.32. The Morgan fingerprint density at radius 2 is 1.83 bits per heavy atom. The second kappa shape index (κ2) is 8.35. The van der Waals surface area contributed by atoms with Crippen LogP contribution in [0.2, 0.25) is 0 Å². The van der Waals surface area contributed by atoms with Gasteiger partial charge in [-0.1, -0.05) is 38.1 Å². The van der Waals surface area contributed by atoms with Crippen LogP contribution in [0.25, 0.3) is 0 Å². The molecule has 0 bridgehead atoms. The number of hydrogen-bond donors (Lipinski definition) is 2. The van der Waals surface area contributed by atoms with Gasteiger partial charge in [0.2, 0.25) is 5.91 Å². The average molecular weight is 351 g/mol. The lowest BCUT2D eigenvalue weighted by Gasteiger charge is -2.21. The highest BCUT2D eigenvalue weighted by molar-refractivity contribution is 5.85. The zero-order valence-corrected chi connectivity index (χ0v) is 15.6. The molecule has 0 aliphatic heterocycles. The molecule has 0 spiro atoms. The summed E-state index contributed by atoms with van der Waals surface area (Å²) >= 11 is 0. The van der Waals surface area contributed by atoms with Crippen molar-refractivity contribution >= 4 is 18.3 Å². The van der Waals surface area contributed by atoms with E-state index in [1.54, 1.807) is 0 Å². The van der Waals surface area contributed by atoms with Crippen LogP contribution in [0.15, 0.2) is 24.3 Å². The molecule has 3 rings (SSSR count). The molecule has 134 valence electrons. The van der Waals surface area contributed by atoms with Gasteiger partial charge in [0.1, 0.15) is 0 Å². The maximum Gasteiger partial charge on any atom is 0.223 e. The second-order valence-corrected chi connectivity index (χ2v) is 7.93. The monoisotopic (exact) mass is 350 g/mol. The van der Waals surface area contributed by atoms with Gasteiger partial charge in [0, 0.05) is 12.0 Å². The fourth-order valence-electron chi connectivity index (χ4n) is 3.76. The molecular formula is C20H31ClN2O. The molecule has 2 aliphatic carbocycles. The minimum Gasteiger partial charge on any atom is -0.349 e. The van der Waals surface area contributed by atoms with Crippen LogP contribution < -0.4 is 11.1 Å². The molecule has 3 atom stereocenters. The van der Waals surface area contributed by atoms with E-state index < -0.39 is 0 Å². The molecule has 0 radical (unpaired) electrons. The quantitative estimate of drug-likeness (QED) is 0.814. The number of carbonyl (C=O) groups excluding carboxylic acids is 1. The van der Waals surface area contributed by atoms with E-state index in [1.165, 1.54) is 24.0 Å². The first kappa shape index (κ1) is 19.3. The molecule has 1 aromatic carbocycles. The first-order valence-corrected chi connectivity index (χ1v) is 9.17. The number of nitrogens with two attached hydrogens (primary N) is 1. The van der Waals surface area contributed by atoms with Crippen LogP contribution in [0, 0.1) is 17.8 Å². The van der Waals surface area contributed by atoms with Crippen molar-refractivity contribution in [2.45, 2.75) is 64.5 Å². The van der Waals surface area contributed by atoms with Crippen LogP contribution in [0.4, 0.5) is 0 Å². The summed E-state index contributed by atoms with van der Waals surface area (Å²) in [5.74, 6) is 1.61. The maximum absolute atomic E-state index is 12.6. The van der Waals surface area contributed by atoms with Gasteiger partial charge in [0.15, 0.2) is 0 Å². The lowest BCUT2D eigenvalue weighted by Crippen LogP contribution is -2.34. The molecule has 0 heterocycles. The summed E-state index contributed by atoms with van der Waals surface area (Å²) in [4.78, 5) is 12.6. The predicted molar refractivity (Wildman–Crippen MR) is 101 cm³/mol. The smallest absolute Gasteiger partial charge is 0.223 e. The third-order valence-corrected chi connectivity index (χ3v) is 5.22. The fraction of sp³-hybridized carbons (Fsp3) is 0.650. The van der Waals surface area contributed by atoms with Crippen LogP contribution >= 0.6 is 12.4 Å². The Morgan fingerprint density at radius 1 is 1.17 bits per heavy atom. The van der Waals surface area contributed by atoms with Gasteiger partial charge in [-0.25, -0.2) is 0 Å². The Bertz CT molecular complexity index is 539. The van der Waals surface area contributed by atoms with E-state index in [-0.39, 0.29) is 36.3 Å². The van der Waals surface area contributed by atoms with Gasteiger partial charge in [0.05, 0.1) is 6.04 Å². The highest BCUT2D eigenvalue weighted by Gasteiger charge is 2.36. The van der Waals surface area contributed by atoms with E-state index in [0.717, 1.165) is 25.7 Å². The molecule has 2 fully saturated rings. The average Bonchev–Trinajstić information content (AvgIpc) is 3.26. The van der Waals surface area contributed by atoms with Crippen LogP contribution in [-0.2, 0) is 11.2 Å². The van der Waals surface area contributed by atoms with Gasteiger partial charge in [-0.3, -0.25) is 4.79 Å². The van der Waals surface area contributed by atoms with Crippen molar-refractivity contribution in [3.63, 3.8) is 0 Å². The first-order valence-electron chi connectivity index (χ1n) is 9.17. The van der Waals surface area contributed by atoms with Crippen molar-refractivity contribution in [3.05, 3.63) is 35.4 Å². The standard InChI is InChI=1S/C20H30N2O.ClH/c1-13(2)11-14-3-5-15(6-4-14)19(16-7-8-16)22-20(23)17-9-10-18(21)12-17;/h3-6,13,16-19H,7-12,21H2,1-2H3,(H,22,23);1H. The number of halogens is 1. The molecule has 1 amide bonds. The van der Waals surface area contributed by atoms with Crippen molar-refractivity contribution in [2.24, 2.45) is 23.5 Å². The van der Waals surface area contributed by atoms with Gasteiger partial charge in [0.25, 0.3) is 0 Å². The Labute approximate surface area is 152 Å². The number of rotatable bonds is 6. The number of nitrogens with one attached hydrogen (secondary N) is 1. The molecule has 1 aromatic rings. The van der Waals surface area contributed by atoms with E-state index >= 15 is 0 Å². The van der Waals surface area contributed by atoms with Crippen LogP contribution in [-0.4, -0.2) is 11.9 Å². The van der Waals surface area contributed by atoms with Gasteiger partial charge in [-0.2, -0.15) is 0 Å². The number of carbonyl (C=O) groups is 1. The Kier molecular flexibility index (Phi) is 6.70. The van der Waals surface area contributed by atoms with Crippen molar-refractivity contribution in [1.82, 2.24) is 5.32 Å². The van der Waals surface area contributed by atoms with E-state index in [4.69, 9.17) is 5.73 Å². The van der Waals surface area contributed by atoms with Gasteiger partial charge >= 0.3 is 0 Å². The molecule has 3 unspecified atom stereocenters. The summed E-state index contributed by atoms with van der Waals surface area (Å²) in [5.41, 5.74) is 8.59. The molecular weight excluding hydrogens is 320 g/mol. The van der Waals surface area contributed by atoms with Crippen molar-refractivity contribution in [3.8, 4) is 0 Å². The summed E-state index contributed by atoms with van der Waals surface area (Å²) in [7, 11) is 0. The van der Waals surface area contributed by atoms with Crippen LogP contribution in [0.3, 0.4) is 0 Å². The number of amides is 1. The summed E-state index contributed by atoms with van der Waals surface area (Å²) in [6, 6.07) is 9.26. The van der Waals surface area contributed by atoms with E-state index in [2.05, 4.69) is 43.4 Å². The van der Waals surface area contributed by atoms with E-state index in [9.17, 15) is 4.79 Å². The minimum atomic E-state index is 0. The Balaban J connectivity index is 0.00000208. The number of benzene rings is 1. The molecule has 0 aromatic heterocycles. The molecule has 3 nitrogen and oxygen atoms in total. The second-order valence-electron chi connectivity index (χ2n) is 7.93. The zero-order chi connectivity index (χ0) is 16.4. The highest BCUT2D eigenvalue weighted by Crippen LogP contribution is 2.41. The summed E-state index contributed by atoms with van der Waals surface area (Å²) in [6.07, 6.45) is 6.33. The Morgan fingerprint density at radius 3 is 2.33 bits per heavy atom. The van der Waals surface area contributed by atoms with Crippen LogP contribution in [0.1, 0.15) is 63.1 Å². The Hall–Kier alpha value is -1.06. The van der Waals surface area contributed by atoms with Gasteiger partial charge in [-0.15, -0.1) is 12.4 Å². The van der Waals surface area contributed by atoms with Crippen molar-refractivity contribution in [2.75, 3.05) is 0 Å². The summed E-state index contributed by atoms with van der Waals surface area (Å²) in [6.45, 7) is 4.49. The third kappa shape index (κ3) is 4.97. The number of hydrogen-bond acceptors (Lipinski definition) is 2. The zero-order valence-electron chi connectivity index (χ0n) is 14.8. The molecule has 24 heavy (non-hydrogen) atoms. The van der Waals surface area contributed by atoms with Crippen molar-refractivity contribution < 1.29 is 4.79 Å². The van der Waals surface area contributed by atoms with Crippen molar-refractivity contribution in [1.29, 1.82) is 0 Å². The molecule has 2 saturated carbocycles. The topological polar surface area (TPSA) is 55.1 Å². The van der Waals surface area contributed by atoms with E-state index in [1.807, 2.05) is 0 Å². The van der Waals surface area contributed by atoms with Crippen LogP contribution in [0.5, 0.6) is 0 Å². The normalized spacial score (nSPS) is 24.5. The SMILES string of the molecule is CC(C)Cc1ccc(C(NC(=O)C2CCC(N)C2)C2CC2)cc1.Cl. The first-order chi connectivity index (χ1) is 11.0. The van der Waals surface area contributed by atoms with E-state index in [0.29, 0.717) is 11.8 Å². The van der Waals surface area contributed by atoms with Gasteiger partial charge in [-0.05, 0) is 61.5 Å². The molecule has 0 saturated heterocycles. The lowest BCUT2D eigenvalue weighted by atomic mass is 9.96. The largest absolute Gasteiger partial charge is 0.349 e. The predicted octanol–water partition coefficient (Wildman–Crippen LogP) is 4.00. The fourth-order valence-corrected chi connectivity index (χ4v) is 3.76.